The number of Topliss-reactive ketones (excluding diaryl/α,β-unsaturated/α-hetero) is 1. The minimum atomic E-state index is 0.0533. The summed E-state index contributed by atoms with van der Waals surface area (Å²) in [5, 5.41) is 10.5. The second-order valence-corrected chi connectivity index (χ2v) is 8.11. The zero-order valence-electron chi connectivity index (χ0n) is 16.6. The van der Waals surface area contributed by atoms with Crippen molar-refractivity contribution in [2.75, 3.05) is 11.4 Å². The SMILES string of the molecule is CC(CCCc1ccccc1)Oc1cc(O)c2c(c1)N1CCCCC1CC2=O. The molecule has 4 rings (SSSR count). The number of piperidine rings is 1. The summed E-state index contributed by atoms with van der Waals surface area (Å²) >= 11 is 0. The average molecular weight is 380 g/mol. The molecule has 0 aromatic heterocycles. The van der Waals surface area contributed by atoms with Crippen LogP contribution in [0, 0.1) is 0 Å². The zero-order valence-corrected chi connectivity index (χ0v) is 16.6. The van der Waals surface area contributed by atoms with Crippen molar-refractivity contribution in [1.29, 1.82) is 0 Å². The standard InChI is InChI=1S/C24H29NO3/c1-17(8-7-11-18-9-3-2-4-10-18)28-20-15-21-24(23(27)16-20)22(26)14-19-12-5-6-13-25(19)21/h2-4,9-10,15-17,19,27H,5-8,11-14H2,1H3. The minimum absolute atomic E-state index is 0.0533. The molecule has 2 unspecified atom stereocenters. The topological polar surface area (TPSA) is 49.8 Å². The number of anilines is 1. The number of aryl methyl sites for hydroxylation is 1. The summed E-state index contributed by atoms with van der Waals surface area (Å²) in [6.45, 7) is 3.01. The molecule has 2 aromatic rings. The van der Waals surface area contributed by atoms with Gasteiger partial charge in [0.1, 0.15) is 11.5 Å². The van der Waals surface area contributed by atoms with Crippen molar-refractivity contribution in [2.45, 2.75) is 64.0 Å². The van der Waals surface area contributed by atoms with Crippen LogP contribution >= 0.6 is 0 Å². The van der Waals surface area contributed by atoms with Gasteiger partial charge in [0.25, 0.3) is 0 Å². The van der Waals surface area contributed by atoms with E-state index in [4.69, 9.17) is 4.74 Å². The van der Waals surface area contributed by atoms with Crippen LogP contribution in [0.15, 0.2) is 42.5 Å². The van der Waals surface area contributed by atoms with Crippen molar-refractivity contribution >= 4 is 11.5 Å². The van der Waals surface area contributed by atoms with Crippen LogP contribution in [0.5, 0.6) is 11.5 Å². The van der Waals surface area contributed by atoms with Crippen LogP contribution in [0.4, 0.5) is 5.69 Å². The third-order valence-electron chi connectivity index (χ3n) is 5.96. The van der Waals surface area contributed by atoms with Crippen LogP contribution in [0.3, 0.4) is 0 Å². The Hall–Kier alpha value is -2.49. The Morgan fingerprint density at radius 3 is 2.86 bits per heavy atom. The number of ether oxygens (including phenoxy) is 1. The van der Waals surface area contributed by atoms with Crippen LogP contribution in [0.2, 0.25) is 0 Å². The predicted molar refractivity (Wildman–Crippen MR) is 112 cm³/mol. The molecule has 0 aliphatic carbocycles. The van der Waals surface area contributed by atoms with Crippen LogP contribution < -0.4 is 9.64 Å². The van der Waals surface area contributed by atoms with E-state index in [1.807, 2.05) is 12.1 Å². The lowest BCUT2D eigenvalue weighted by Crippen LogP contribution is -2.44. The molecule has 4 nitrogen and oxygen atoms in total. The molecule has 0 radical (unpaired) electrons. The van der Waals surface area contributed by atoms with Gasteiger partial charge >= 0.3 is 0 Å². The molecule has 0 saturated carbocycles. The number of benzene rings is 2. The average Bonchev–Trinajstić information content (AvgIpc) is 2.68. The van der Waals surface area contributed by atoms with E-state index >= 15 is 0 Å². The highest BCUT2D eigenvalue weighted by molar-refractivity contribution is 6.06. The summed E-state index contributed by atoms with van der Waals surface area (Å²) < 4.78 is 6.12. The first-order valence-corrected chi connectivity index (χ1v) is 10.5. The van der Waals surface area contributed by atoms with Crippen LogP contribution in [0.1, 0.15) is 61.4 Å². The highest BCUT2D eigenvalue weighted by Gasteiger charge is 2.35. The van der Waals surface area contributed by atoms with Gasteiger partial charge in [0.2, 0.25) is 0 Å². The van der Waals surface area contributed by atoms with Crippen LogP contribution in [-0.4, -0.2) is 29.6 Å². The van der Waals surface area contributed by atoms with E-state index < -0.39 is 0 Å². The number of carbonyl (C=O) groups excluding carboxylic acids is 1. The first kappa shape index (κ1) is 18.9. The second-order valence-electron chi connectivity index (χ2n) is 8.11. The molecule has 4 heteroatoms. The molecule has 2 aromatic carbocycles. The summed E-state index contributed by atoms with van der Waals surface area (Å²) in [7, 11) is 0. The van der Waals surface area contributed by atoms with Gasteiger partial charge < -0.3 is 14.7 Å². The number of rotatable bonds is 6. The fraction of sp³-hybridized carbons (Fsp3) is 0.458. The highest BCUT2D eigenvalue weighted by Crippen LogP contribution is 2.42. The van der Waals surface area contributed by atoms with Crippen molar-refractivity contribution in [2.24, 2.45) is 0 Å². The number of phenolic OH excluding ortho intramolecular Hbond substituents is 1. The molecular weight excluding hydrogens is 350 g/mol. The van der Waals surface area contributed by atoms with Crippen molar-refractivity contribution < 1.29 is 14.6 Å². The fourth-order valence-corrected chi connectivity index (χ4v) is 4.54. The molecular formula is C24H29NO3. The molecule has 2 aliphatic heterocycles. The van der Waals surface area contributed by atoms with Crippen LogP contribution in [-0.2, 0) is 6.42 Å². The Bertz CT molecular complexity index is 833. The van der Waals surface area contributed by atoms with Crippen molar-refractivity contribution in [3.05, 3.63) is 53.6 Å². The molecule has 28 heavy (non-hydrogen) atoms. The first-order chi connectivity index (χ1) is 13.6. The minimum Gasteiger partial charge on any atom is -0.507 e. The smallest absolute Gasteiger partial charge is 0.170 e. The summed E-state index contributed by atoms with van der Waals surface area (Å²) in [5.41, 5.74) is 2.67. The Balaban J connectivity index is 1.44. The molecule has 1 fully saturated rings. The Kier molecular flexibility index (Phi) is 5.56. The third-order valence-corrected chi connectivity index (χ3v) is 5.96. The Morgan fingerprint density at radius 1 is 1.21 bits per heavy atom. The zero-order chi connectivity index (χ0) is 19.5. The molecule has 1 saturated heterocycles. The number of nitrogens with zero attached hydrogens (tertiary/aromatic N) is 1. The maximum atomic E-state index is 12.5. The highest BCUT2D eigenvalue weighted by atomic mass is 16.5. The molecule has 148 valence electrons. The van der Waals surface area contributed by atoms with Gasteiger partial charge in [-0.1, -0.05) is 30.3 Å². The summed E-state index contributed by atoms with van der Waals surface area (Å²) in [5.74, 6) is 0.763. The van der Waals surface area contributed by atoms with E-state index in [2.05, 4.69) is 36.1 Å². The first-order valence-electron chi connectivity index (χ1n) is 10.5. The summed E-state index contributed by atoms with van der Waals surface area (Å²) in [6.07, 6.45) is 6.94. The van der Waals surface area contributed by atoms with Crippen molar-refractivity contribution in [3.8, 4) is 11.5 Å². The van der Waals surface area contributed by atoms with Gasteiger partial charge in [0.05, 0.1) is 17.4 Å². The van der Waals surface area contributed by atoms with E-state index in [-0.39, 0.29) is 23.7 Å². The van der Waals surface area contributed by atoms with E-state index in [1.165, 1.54) is 12.0 Å². The van der Waals surface area contributed by atoms with E-state index in [0.717, 1.165) is 44.3 Å². The normalized spacial score (nSPS) is 19.7. The lowest BCUT2D eigenvalue weighted by atomic mass is 9.88. The van der Waals surface area contributed by atoms with Gasteiger partial charge in [0.15, 0.2) is 5.78 Å². The largest absolute Gasteiger partial charge is 0.507 e. The number of aromatic hydroxyl groups is 1. The Labute approximate surface area is 167 Å². The van der Waals surface area contributed by atoms with E-state index in [0.29, 0.717) is 17.7 Å². The summed E-state index contributed by atoms with van der Waals surface area (Å²) in [4.78, 5) is 14.8. The molecule has 0 amide bonds. The maximum Gasteiger partial charge on any atom is 0.170 e. The predicted octanol–water partition coefficient (Wildman–Crippen LogP) is 5.13. The number of phenols is 1. The van der Waals surface area contributed by atoms with E-state index in [9.17, 15) is 9.90 Å². The van der Waals surface area contributed by atoms with Crippen molar-refractivity contribution in [3.63, 3.8) is 0 Å². The van der Waals surface area contributed by atoms with Crippen molar-refractivity contribution in [1.82, 2.24) is 0 Å². The molecule has 1 N–H and O–H groups in total. The fourth-order valence-electron chi connectivity index (χ4n) is 4.54. The number of ketones is 1. The lowest BCUT2D eigenvalue weighted by Gasteiger charge is -2.41. The Morgan fingerprint density at radius 2 is 2.04 bits per heavy atom. The lowest BCUT2D eigenvalue weighted by molar-refractivity contribution is 0.0958. The van der Waals surface area contributed by atoms with Crippen LogP contribution in [0.25, 0.3) is 0 Å². The van der Waals surface area contributed by atoms with Gasteiger partial charge in [0, 0.05) is 31.1 Å². The maximum absolute atomic E-state index is 12.5. The number of hydrogen-bond donors (Lipinski definition) is 1. The molecule has 2 heterocycles. The number of hydrogen-bond acceptors (Lipinski definition) is 4. The number of carbonyl (C=O) groups is 1. The molecule has 2 atom stereocenters. The van der Waals surface area contributed by atoms with Gasteiger partial charge in [-0.25, -0.2) is 0 Å². The number of fused-ring (bicyclic) bond motifs is 3. The molecule has 0 bridgehead atoms. The molecule has 0 spiro atoms. The quantitative estimate of drug-likeness (QED) is 0.756. The third kappa shape index (κ3) is 4.01. The second kappa shape index (κ2) is 8.26. The van der Waals surface area contributed by atoms with Gasteiger partial charge in [-0.05, 0) is 51.0 Å². The van der Waals surface area contributed by atoms with Gasteiger partial charge in [-0.2, -0.15) is 0 Å². The van der Waals surface area contributed by atoms with E-state index in [1.54, 1.807) is 6.07 Å². The summed E-state index contributed by atoms with van der Waals surface area (Å²) in [6, 6.07) is 14.3. The van der Waals surface area contributed by atoms with Gasteiger partial charge in [-0.3, -0.25) is 4.79 Å². The van der Waals surface area contributed by atoms with Gasteiger partial charge in [-0.15, -0.1) is 0 Å². The molecule has 2 aliphatic rings. The monoisotopic (exact) mass is 379 g/mol.